The van der Waals surface area contributed by atoms with Crippen molar-refractivity contribution in [3.63, 3.8) is 0 Å². The molecule has 24 heavy (non-hydrogen) atoms. The van der Waals surface area contributed by atoms with Gasteiger partial charge in [0.15, 0.2) is 0 Å². The van der Waals surface area contributed by atoms with Gasteiger partial charge in [0.2, 0.25) is 5.95 Å². The molecule has 0 aromatic carbocycles. The molecule has 0 amide bonds. The van der Waals surface area contributed by atoms with Crippen molar-refractivity contribution < 1.29 is 4.74 Å². The minimum Gasteiger partial charge on any atom is -0.377 e. The van der Waals surface area contributed by atoms with Gasteiger partial charge >= 0.3 is 0 Å². The van der Waals surface area contributed by atoms with Crippen LogP contribution >= 0.6 is 0 Å². The highest BCUT2D eigenvalue weighted by Crippen LogP contribution is 2.41. The molecule has 5 nitrogen and oxygen atoms in total. The van der Waals surface area contributed by atoms with E-state index in [2.05, 4.69) is 25.9 Å². The van der Waals surface area contributed by atoms with Crippen LogP contribution in [0.3, 0.4) is 0 Å². The predicted molar refractivity (Wildman–Crippen MR) is 92.8 cm³/mol. The molecule has 2 fully saturated rings. The van der Waals surface area contributed by atoms with Crippen molar-refractivity contribution in [2.24, 2.45) is 5.41 Å². The second kappa shape index (κ2) is 6.85. The first-order valence-corrected chi connectivity index (χ1v) is 8.87. The average molecular weight is 324 g/mol. The maximum absolute atomic E-state index is 6.23. The average Bonchev–Trinajstić information content (AvgIpc) is 2.66. The van der Waals surface area contributed by atoms with Crippen LogP contribution in [-0.4, -0.2) is 40.8 Å². The quantitative estimate of drug-likeness (QED) is 0.869. The summed E-state index contributed by atoms with van der Waals surface area (Å²) < 4.78 is 6.23. The van der Waals surface area contributed by atoms with E-state index in [4.69, 9.17) is 4.74 Å². The van der Waals surface area contributed by atoms with Crippen molar-refractivity contribution in [2.75, 3.05) is 24.6 Å². The Balaban J connectivity index is 1.30. The van der Waals surface area contributed by atoms with Gasteiger partial charge in [-0.3, -0.25) is 4.98 Å². The molecule has 1 atom stereocenters. The number of hydrogen-bond acceptors (Lipinski definition) is 5. The number of piperidine rings is 1. The maximum atomic E-state index is 6.23. The molecule has 1 spiro atoms. The molecule has 2 aromatic rings. The Morgan fingerprint density at radius 1 is 1.00 bits per heavy atom. The molecular formula is C19H24N4O. The third-order valence-corrected chi connectivity index (χ3v) is 5.44. The highest BCUT2D eigenvalue weighted by Gasteiger charge is 2.39. The monoisotopic (exact) mass is 324 g/mol. The Labute approximate surface area is 143 Å². The van der Waals surface area contributed by atoms with E-state index in [1.165, 1.54) is 19.3 Å². The van der Waals surface area contributed by atoms with Crippen LogP contribution < -0.4 is 4.90 Å². The number of rotatable bonds is 3. The Hall–Kier alpha value is -2.01. The first-order chi connectivity index (χ1) is 11.8. The lowest BCUT2D eigenvalue weighted by Crippen LogP contribution is -2.46. The van der Waals surface area contributed by atoms with Gasteiger partial charge in [-0.2, -0.15) is 0 Å². The first kappa shape index (κ1) is 15.5. The number of nitrogens with zero attached hydrogens (tertiary/aromatic N) is 4. The van der Waals surface area contributed by atoms with Gasteiger partial charge < -0.3 is 9.64 Å². The predicted octanol–water partition coefficient (Wildman–Crippen LogP) is 2.88. The zero-order valence-corrected chi connectivity index (χ0v) is 14.0. The van der Waals surface area contributed by atoms with Crippen molar-refractivity contribution in [1.29, 1.82) is 0 Å². The van der Waals surface area contributed by atoms with E-state index >= 15 is 0 Å². The second-order valence-corrected chi connectivity index (χ2v) is 7.03. The molecule has 0 bridgehead atoms. The summed E-state index contributed by atoms with van der Waals surface area (Å²) in [4.78, 5) is 15.5. The molecule has 2 aromatic heterocycles. The van der Waals surface area contributed by atoms with Crippen LogP contribution in [0, 0.1) is 5.41 Å². The first-order valence-electron chi connectivity index (χ1n) is 8.87. The third kappa shape index (κ3) is 3.41. The molecule has 0 N–H and O–H groups in total. The molecule has 2 aliphatic heterocycles. The van der Waals surface area contributed by atoms with Gasteiger partial charge in [0, 0.05) is 43.8 Å². The summed E-state index contributed by atoms with van der Waals surface area (Å²) in [6, 6.07) is 7.97. The Morgan fingerprint density at radius 3 is 2.46 bits per heavy atom. The fourth-order valence-corrected chi connectivity index (χ4v) is 3.86. The SMILES string of the molecule is c1ccc(C[C@H]2CCC3(CCN(c4ncccn4)CC3)CO2)nc1. The van der Waals surface area contributed by atoms with Gasteiger partial charge in [-0.05, 0) is 49.3 Å². The molecule has 126 valence electrons. The van der Waals surface area contributed by atoms with Crippen LogP contribution in [0.5, 0.6) is 0 Å². The summed E-state index contributed by atoms with van der Waals surface area (Å²) >= 11 is 0. The summed E-state index contributed by atoms with van der Waals surface area (Å²) in [5.74, 6) is 0.858. The summed E-state index contributed by atoms with van der Waals surface area (Å²) in [5.41, 5.74) is 1.49. The molecular weight excluding hydrogens is 300 g/mol. The largest absolute Gasteiger partial charge is 0.377 e. The van der Waals surface area contributed by atoms with Crippen LogP contribution in [0.4, 0.5) is 5.95 Å². The molecule has 0 unspecified atom stereocenters. The number of ether oxygens (including phenoxy) is 1. The number of aromatic nitrogens is 3. The van der Waals surface area contributed by atoms with E-state index in [0.717, 1.165) is 44.2 Å². The van der Waals surface area contributed by atoms with Crippen LogP contribution in [0.15, 0.2) is 42.9 Å². The summed E-state index contributed by atoms with van der Waals surface area (Å²) in [5, 5.41) is 0. The third-order valence-electron chi connectivity index (χ3n) is 5.44. The Bertz CT molecular complexity index is 631. The number of hydrogen-bond donors (Lipinski definition) is 0. The van der Waals surface area contributed by atoms with Gasteiger partial charge in [-0.25, -0.2) is 9.97 Å². The van der Waals surface area contributed by atoms with Gasteiger partial charge in [0.1, 0.15) is 0 Å². The van der Waals surface area contributed by atoms with E-state index in [-0.39, 0.29) is 0 Å². The lowest BCUT2D eigenvalue weighted by molar-refractivity contribution is -0.0717. The summed E-state index contributed by atoms with van der Waals surface area (Å²) in [7, 11) is 0. The zero-order valence-electron chi connectivity index (χ0n) is 14.0. The van der Waals surface area contributed by atoms with E-state index in [1.807, 2.05) is 36.8 Å². The molecule has 0 aliphatic carbocycles. The minimum atomic E-state index is 0.320. The fraction of sp³-hybridized carbons (Fsp3) is 0.526. The molecule has 0 radical (unpaired) electrons. The molecule has 0 saturated carbocycles. The van der Waals surface area contributed by atoms with Gasteiger partial charge in [0.25, 0.3) is 0 Å². The second-order valence-electron chi connectivity index (χ2n) is 7.03. The van der Waals surface area contributed by atoms with Crippen molar-refractivity contribution >= 4 is 5.95 Å². The molecule has 2 saturated heterocycles. The van der Waals surface area contributed by atoms with Gasteiger partial charge in [0.05, 0.1) is 12.7 Å². The van der Waals surface area contributed by atoms with Crippen molar-refractivity contribution in [3.05, 3.63) is 48.5 Å². The smallest absolute Gasteiger partial charge is 0.225 e. The summed E-state index contributed by atoms with van der Waals surface area (Å²) in [6.07, 6.45) is 11.5. The van der Waals surface area contributed by atoms with Crippen LogP contribution in [-0.2, 0) is 11.2 Å². The topological polar surface area (TPSA) is 51.1 Å². The van der Waals surface area contributed by atoms with Crippen molar-refractivity contribution in [3.8, 4) is 0 Å². The van der Waals surface area contributed by atoms with Crippen molar-refractivity contribution in [2.45, 2.75) is 38.2 Å². The van der Waals surface area contributed by atoms with E-state index < -0.39 is 0 Å². The van der Waals surface area contributed by atoms with E-state index in [0.29, 0.717) is 11.5 Å². The normalized spacial score (nSPS) is 23.3. The summed E-state index contributed by atoms with van der Waals surface area (Å²) in [6.45, 7) is 2.94. The number of pyridine rings is 1. The highest BCUT2D eigenvalue weighted by molar-refractivity contribution is 5.29. The minimum absolute atomic E-state index is 0.320. The lowest BCUT2D eigenvalue weighted by Gasteiger charge is -2.45. The van der Waals surface area contributed by atoms with E-state index in [9.17, 15) is 0 Å². The van der Waals surface area contributed by atoms with Gasteiger partial charge in [-0.1, -0.05) is 6.07 Å². The van der Waals surface area contributed by atoms with E-state index in [1.54, 1.807) is 0 Å². The van der Waals surface area contributed by atoms with Gasteiger partial charge in [-0.15, -0.1) is 0 Å². The van der Waals surface area contributed by atoms with Crippen LogP contribution in [0.2, 0.25) is 0 Å². The fourth-order valence-electron chi connectivity index (χ4n) is 3.86. The molecule has 2 aliphatic rings. The molecule has 4 heterocycles. The Kier molecular flexibility index (Phi) is 4.43. The number of anilines is 1. The van der Waals surface area contributed by atoms with Crippen molar-refractivity contribution in [1.82, 2.24) is 15.0 Å². The van der Waals surface area contributed by atoms with Crippen LogP contribution in [0.25, 0.3) is 0 Å². The van der Waals surface area contributed by atoms with Crippen LogP contribution in [0.1, 0.15) is 31.4 Å². The highest BCUT2D eigenvalue weighted by atomic mass is 16.5. The Morgan fingerprint density at radius 2 is 1.79 bits per heavy atom. The lowest BCUT2D eigenvalue weighted by atomic mass is 9.73. The standard InChI is InChI=1S/C19H24N4O/c1-2-9-20-16(4-1)14-17-5-6-19(15-24-17)7-12-23(13-8-19)18-21-10-3-11-22-18/h1-4,9-11,17H,5-8,12-15H2/t17-/m1/s1. The maximum Gasteiger partial charge on any atom is 0.225 e. The molecule has 4 rings (SSSR count). The molecule has 5 heteroatoms. The zero-order chi connectivity index (χ0) is 16.2.